The third-order valence-corrected chi connectivity index (χ3v) is 2.58. The standard InChI is InChI=1S/C10H16N2O4/c1-12-6-7(5-8(12)13)10(16)11-4-2-3-9(14)15/h7H,2-6H2,1H3,(H,11,16)(H,14,15). The Hall–Kier alpha value is -1.59. The Morgan fingerprint density at radius 1 is 1.56 bits per heavy atom. The lowest BCUT2D eigenvalue weighted by atomic mass is 10.1. The molecule has 0 aliphatic carbocycles. The molecule has 1 saturated heterocycles. The van der Waals surface area contributed by atoms with Crippen LogP contribution < -0.4 is 5.32 Å². The summed E-state index contributed by atoms with van der Waals surface area (Å²) < 4.78 is 0. The van der Waals surface area contributed by atoms with E-state index in [9.17, 15) is 14.4 Å². The van der Waals surface area contributed by atoms with Crippen LogP contribution in [-0.4, -0.2) is 47.9 Å². The van der Waals surface area contributed by atoms with Gasteiger partial charge in [0.05, 0.1) is 5.92 Å². The van der Waals surface area contributed by atoms with Gasteiger partial charge in [0.2, 0.25) is 11.8 Å². The number of nitrogens with one attached hydrogen (secondary N) is 1. The average Bonchev–Trinajstić information content (AvgIpc) is 2.54. The first-order chi connectivity index (χ1) is 7.50. The molecule has 1 atom stereocenters. The number of carbonyl (C=O) groups excluding carboxylic acids is 2. The molecule has 90 valence electrons. The van der Waals surface area contributed by atoms with E-state index in [4.69, 9.17) is 5.11 Å². The van der Waals surface area contributed by atoms with Gasteiger partial charge in [0.25, 0.3) is 0 Å². The summed E-state index contributed by atoms with van der Waals surface area (Å²) in [6, 6.07) is 0. The highest BCUT2D eigenvalue weighted by atomic mass is 16.4. The van der Waals surface area contributed by atoms with Crippen molar-refractivity contribution < 1.29 is 19.5 Å². The van der Waals surface area contributed by atoms with E-state index in [1.807, 2.05) is 0 Å². The molecule has 0 spiro atoms. The van der Waals surface area contributed by atoms with Crippen molar-refractivity contribution in [3.63, 3.8) is 0 Å². The van der Waals surface area contributed by atoms with Gasteiger partial charge in [-0.05, 0) is 6.42 Å². The van der Waals surface area contributed by atoms with E-state index in [-0.39, 0.29) is 30.6 Å². The second-order valence-electron chi connectivity index (χ2n) is 3.96. The summed E-state index contributed by atoms with van der Waals surface area (Å²) in [7, 11) is 1.67. The molecule has 1 aliphatic rings. The quantitative estimate of drug-likeness (QED) is 0.618. The Kier molecular flexibility index (Phi) is 4.28. The number of carboxylic acid groups (broad SMARTS) is 1. The second kappa shape index (κ2) is 5.48. The summed E-state index contributed by atoms with van der Waals surface area (Å²) in [5.41, 5.74) is 0. The average molecular weight is 228 g/mol. The molecule has 0 aromatic carbocycles. The third-order valence-electron chi connectivity index (χ3n) is 2.58. The van der Waals surface area contributed by atoms with Gasteiger partial charge in [-0.1, -0.05) is 0 Å². The second-order valence-corrected chi connectivity index (χ2v) is 3.96. The normalized spacial score (nSPS) is 19.9. The first kappa shape index (κ1) is 12.5. The Labute approximate surface area is 93.6 Å². The number of carbonyl (C=O) groups is 3. The van der Waals surface area contributed by atoms with Crippen LogP contribution in [0.3, 0.4) is 0 Å². The summed E-state index contributed by atoms with van der Waals surface area (Å²) in [5, 5.41) is 11.0. The van der Waals surface area contributed by atoms with Crippen molar-refractivity contribution in [1.29, 1.82) is 0 Å². The zero-order chi connectivity index (χ0) is 12.1. The molecule has 2 N–H and O–H groups in total. The van der Waals surface area contributed by atoms with Gasteiger partial charge in [-0.25, -0.2) is 0 Å². The highest BCUT2D eigenvalue weighted by Crippen LogP contribution is 2.15. The molecule has 2 amide bonds. The van der Waals surface area contributed by atoms with Gasteiger partial charge < -0.3 is 15.3 Å². The highest BCUT2D eigenvalue weighted by Gasteiger charge is 2.31. The van der Waals surface area contributed by atoms with E-state index < -0.39 is 5.97 Å². The Balaban J connectivity index is 2.21. The van der Waals surface area contributed by atoms with E-state index in [1.54, 1.807) is 7.05 Å². The number of nitrogens with zero attached hydrogens (tertiary/aromatic N) is 1. The van der Waals surface area contributed by atoms with Crippen LogP contribution in [0.4, 0.5) is 0 Å². The van der Waals surface area contributed by atoms with Crippen LogP contribution >= 0.6 is 0 Å². The monoisotopic (exact) mass is 228 g/mol. The number of rotatable bonds is 5. The largest absolute Gasteiger partial charge is 0.481 e. The molecule has 1 heterocycles. The fourth-order valence-corrected chi connectivity index (χ4v) is 1.63. The number of aliphatic carboxylic acids is 1. The first-order valence-corrected chi connectivity index (χ1v) is 5.24. The third kappa shape index (κ3) is 3.52. The molecule has 6 heteroatoms. The number of hydrogen-bond acceptors (Lipinski definition) is 3. The van der Waals surface area contributed by atoms with E-state index in [1.165, 1.54) is 4.90 Å². The molecule has 6 nitrogen and oxygen atoms in total. The lowest BCUT2D eigenvalue weighted by Gasteiger charge is -2.10. The number of likely N-dealkylation sites (tertiary alicyclic amines) is 1. The fraction of sp³-hybridized carbons (Fsp3) is 0.700. The van der Waals surface area contributed by atoms with E-state index in [0.29, 0.717) is 19.5 Å². The zero-order valence-corrected chi connectivity index (χ0v) is 9.23. The molecule has 1 unspecified atom stereocenters. The SMILES string of the molecule is CN1CC(C(=O)NCCCC(=O)O)CC1=O. The minimum atomic E-state index is -0.870. The Morgan fingerprint density at radius 2 is 2.25 bits per heavy atom. The van der Waals surface area contributed by atoms with Gasteiger partial charge in [-0.2, -0.15) is 0 Å². The predicted octanol–water partition coefficient (Wildman–Crippen LogP) is -0.554. The molecule has 0 aromatic rings. The first-order valence-electron chi connectivity index (χ1n) is 5.24. The van der Waals surface area contributed by atoms with Gasteiger partial charge in [0, 0.05) is 33.0 Å². The van der Waals surface area contributed by atoms with Gasteiger partial charge >= 0.3 is 5.97 Å². The minimum absolute atomic E-state index is 0.0225. The molecular formula is C10H16N2O4. The molecular weight excluding hydrogens is 212 g/mol. The van der Waals surface area contributed by atoms with Gasteiger partial charge in [-0.15, -0.1) is 0 Å². The maximum absolute atomic E-state index is 11.5. The summed E-state index contributed by atoms with van der Waals surface area (Å²) >= 11 is 0. The molecule has 1 fully saturated rings. The van der Waals surface area contributed by atoms with Crippen molar-refractivity contribution in [2.24, 2.45) is 5.92 Å². The van der Waals surface area contributed by atoms with Gasteiger partial charge in [0.1, 0.15) is 0 Å². The van der Waals surface area contributed by atoms with Crippen LogP contribution in [0, 0.1) is 5.92 Å². The number of hydrogen-bond donors (Lipinski definition) is 2. The number of carboxylic acids is 1. The minimum Gasteiger partial charge on any atom is -0.481 e. The van der Waals surface area contributed by atoms with Crippen molar-refractivity contribution >= 4 is 17.8 Å². The van der Waals surface area contributed by atoms with Gasteiger partial charge in [0.15, 0.2) is 0 Å². The van der Waals surface area contributed by atoms with Crippen molar-refractivity contribution in [2.75, 3.05) is 20.1 Å². The van der Waals surface area contributed by atoms with Crippen molar-refractivity contribution in [1.82, 2.24) is 10.2 Å². The van der Waals surface area contributed by atoms with Crippen LogP contribution in [-0.2, 0) is 14.4 Å². The zero-order valence-electron chi connectivity index (χ0n) is 9.23. The smallest absolute Gasteiger partial charge is 0.303 e. The Morgan fingerprint density at radius 3 is 2.75 bits per heavy atom. The highest BCUT2D eigenvalue weighted by molar-refractivity contribution is 5.89. The van der Waals surface area contributed by atoms with Crippen molar-refractivity contribution in [3.8, 4) is 0 Å². The molecule has 1 rings (SSSR count). The van der Waals surface area contributed by atoms with Crippen molar-refractivity contribution in [3.05, 3.63) is 0 Å². The van der Waals surface area contributed by atoms with Crippen LogP contribution in [0.25, 0.3) is 0 Å². The van der Waals surface area contributed by atoms with Gasteiger partial charge in [-0.3, -0.25) is 14.4 Å². The molecule has 0 radical (unpaired) electrons. The topological polar surface area (TPSA) is 86.7 Å². The predicted molar refractivity (Wildman–Crippen MR) is 55.6 cm³/mol. The van der Waals surface area contributed by atoms with Crippen LogP contribution in [0.15, 0.2) is 0 Å². The van der Waals surface area contributed by atoms with E-state index in [0.717, 1.165) is 0 Å². The van der Waals surface area contributed by atoms with Crippen LogP contribution in [0.5, 0.6) is 0 Å². The number of amides is 2. The molecule has 0 bridgehead atoms. The molecule has 16 heavy (non-hydrogen) atoms. The summed E-state index contributed by atoms with van der Waals surface area (Å²) in [6.07, 6.45) is 0.711. The molecule has 0 saturated carbocycles. The lowest BCUT2D eigenvalue weighted by Crippen LogP contribution is -2.33. The maximum atomic E-state index is 11.5. The maximum Gasteiger partial charge on any atom is 0.303 e. The molecule has 0 aromatic heterocycles. The lowest BCUT2D eigenvalue weighted by molar-refractivity contribution is -0.137. The molecule has 1 aliphatic heterocycles. The van der Waals surface area contributed by atoms with Crippen LogP contribution in [0.2, 0.25) is 0 Å². The summed E-state index contributed by atoms with van der Waals surface area (Å²) in [4.78, 5) is 34.5. The van der Waals surface area contributed by atoms with Crippen molar-refractivity contribution in [2.45, 2.75) is 19.3 Å². The fourth-order valence-electron chi connectivity index (χ4n) is 1.63. The van der Waals surface area contributed by atoms with E-state index in [2.05, 4.69) is 5.32 Å². The van der Waals surface area contributed by atoms with E-state index >= 15 is 0 Å². The Bertz CT molecular complexity index is 303. The summed E-state index contributed by atoms with van der Waals surface area (Å²) in [5.74, 6) is -1.35. The van der Waals surface area contributed by atoms with Crippen LogP contribution in [0.1, 0.15) is 19.3 Å². The summed E-state index contributed by atoms with van der Waals surface area (Å²) in [6.45, 7) is 0.795.